The van der Waals surface area contributed by atoms with E-state index in [0.717, 1.165) is 38.0 Å². The van der Waals surface area contributed by atoms with Gasteiger partial charge in [-0.3, -0.25) is 4.79 Å². The molecule has 5 nitrogen and oxygen atoms in total. The number of ether oxygens (including phenoxy) is 2. The van der Waals surface area contributed by atoms with Crippen LogP contribution in [0.4, 0.5) is 0 Å². The van der Waals surface area contributed by atoms with Crippen LogP contribution in [0.15, 0.2) is 35.2 Å². The fraction of sp³-hybridized carbons (Fsp3) is 0.444. The van der Waals surface area contributed by atoms with Gasteiger partial charge in [0.2, 0.25) is 11.8 Å². The lowest BCUT2D eigenvalue weighted by atomic mass is 10.1. The van der Waals surface area contributed by atoms with Crippen LogP contribution in [0, 0.1) is 0 Å². The summed E-state index contributed by atoms with van der Waals surface area (Å²) >= 11 is 1.66. The predicted octanol–water partition coefficient (Wildman–Crippen LogP) is 2.95. The highest BCUT2D eigenvalue weighted by Crippen LogP contribution is 2.16. The number of hydrogen-bond donors (Lipinski definition) is 1. The summed E-state index contributed by atoms with van der Waals surface area (Å²) in [7, 11) is 0. The zero-order valence-corrected chi connectivity index (χ0v) is 14.4. The number of nitrogens with zero attached hydrogens (tertiary/aromatic N) is 1. The third-order valence-electron chi connectivity index (χ3n) is 3.97. The van der Waals surface area contributed by atoms with Crippen molar-refractivity contribution in [2.75, 3.05) is 13.2 Å². The zero-order chi connectivity index (χ0) is 16.6. The number of carbonyl (C=O) groups is 1. The van der Waals surface area contributed by atoms with Crippen LogP contribution in [0.2, 0.25) is 0 Å². The van der Waals surface area contributed by atoms with Gasteiger partial charge in [0.25, 0.3) is 0 Å². The minimum absolute atomic E-state index is 0.0601. The molecule has 0 atom stereocenters. The largest absolute Gasteiger partial charge is 0.474 e. The SMILES string of the molecule is O=C(CCc1ccsc1)NCc1ccnc(OC2CCOCC2)c1. The first-order chi connectivity index (χ1) is 11.8. The molecule has 0 aliphatic carbocycles. The number of pyridine rings is 1. The van der Waals surface area contributed by atoms with Gasteiger partial charge in [-0.15, -0.1) is 0 Å². The Kier molecular flexibility index (Phi) is 6.20. The fourth-order valence-corrected chi connectivity index (χ4v) is 3.27. The number of hydrogen-bond acceptors (Lipinski definition) is 5. The molecule has 1 saturated heterocycles. The molecule has 6 heteroatoms. The Balaban J connectivity index is 1.44. The summed E-state index contributed by atoms with van der Waals surface area (Å²) in [5, 5.41) is 7.06. The Labute approximate surface area is 146 Å². The molecule has 2 aromatic heterocycles. The van der Waals surface area contributed by atoms with Crippen molar-refractivity contribution < 1.29 is 14.3 Å². The van der Waals surface area contributed by atoms with E-state index in [1.807, 2.05) is 17.5 Å². The molecule has 3 rings (SSSR count). The van der Waals surface area contributed by atoms with Crippen molar-refractivity contribution in [1.82, 2.24) is 10.3 Å². The van der Waals surface area contributed by atoms with Crippen LogP contribution in [0.1, 0.15) is 30.4 Å². The Morgan fingerprint density at radius 3 is 3.00 bits per heavy atom. The number of carbonyl (C=O) groups excluding carboxylic acids is 1. The molecule has 1 fully saturated rings. The third kappa shape index (κ3) is 5.32. The lowest BCUT2D eigenvalue weighted by Crippen LogP contribution is -2.26. The first-order valence-electron chi connectivity index (χ1n) is 8.27. The maximum atomic E-state index is 11.9. The first kappa shape index (κ1) is 16.9. The van der Waals surface area contributed by atoms with Crippen molar-refractivity contribution in [3.8, 4) is 5.88 Å². The number of amides is 1. The van der Waals surface area contributed by atoms with Gasteiger partial charge in [-0.2, -0.15) is 11.3 Å². The normalized spacial score (nSPS) is 15.2. The van der Waals surface area contributed by atoms with Crippen LogP contribution in [-0.4, -0.2) is 30.2 Å². The summed E-state index contributed by atoms with van der Waals surface area (Å²) in [5.41, 5.74) is 2.21. The highest BCUT2D eigenvalue weighted by atomic mass is 32.1. The van der Waals surface area contributed by atoms with E-state index >= 15 is 0 Å². The molecule has 0 radical (unpaired) electrons. The van der Waals surface area contributed by atoms with Crippen molar-refractivity contribution in [3.05, 3.63) is 46.3 Å². The van der Waals surface area contributed by atoms with Gasteiger partial charge in [0.05, 0.1) is 13.2 Å². The van der Waals surface area contributed by atoms with Gasteiger partial charge in [-0.1, -0.05) is 0 Å². The lowest BCUT2D eigenvalue weighted by molar-refractivity contribution is -0.121. The van der Waals surface area contributed by atoms with Crippen molar-refractivity contribution in [2.45, 2.75) is 38.3 Å². The second kappa shape index (κ2) is 8.80. The molecule has 1 N–H and O–H groups in total. The predicted molar refractivity (Wildman–Crippen MR) is 93.2 cm³/mol. The monoisotopic (exact) mass is 346 g/mol. The Morgan fingerprint density at radius 1 is 1.33 bits per heavy atom. The minimum Gasteiger partial charge on any atom is -0.474 e. The minimum atomic E-state index is 0.0601. The maximum Gasteiger partial charge on any atom is 0.220 e. The molecule has 0 saturated carbocycles. The van der Waals surface area contributed by atoms with Crippen molar-refractivity contribution in [1.29, 1.82) is 0 Å². The van der Waals surface area contributed by atoms with E-state index in [0.29, 0.717) is 18.8 Å². The van der Waals surface area contributed by atoms with Crippen LogP contribution in [-0.2, 0) is 22.5 Å². The summed E-state index contributed by atoms with van der Waals surface area (Å²) in [6, 6.07) is 5.85. The Morgan fingerprint density at radius 2 is 2.21 bits per heavy atom. The van der Waals surface area contributed by atoms with Gasteiger partial charge in [-0.25, -0.2) is 4.98 Å². The van der Waals surface area contributed by atoms with Gasteiger partial charge < -0.3 is 14.8 Å². The first-order valence-corrected chi connectivity index (χ1v) is 9.21. The average molecular weight is 346 g/mol. The highest BCUT2D eigenvalue weighted by molar-refractivity contribution is 7.07. The quantitative estimate of drug-likeness (QED) is 0.837. The van der Waals surface area contributed by atoms with E-state index < -0.39 is 0 Å². The number of aromatic nitrogens is 1. The smallest absolute Gasteiger partial charge is 0.220 e. The molecule has 128 valence electrons. The summed E-state index contributed by atoms with van der Waals surface area (Å²) in [6.45, 7) is 1.98. The van der Waals surface area contributed by atoms with Crippen molar-refractivity contribution >= 4 is 17.2 Å². The molecular weight excluding hydrogens is 324 g/mol. The van der Waals surface area contributed by atoms with Gasteiger partial charge in [-0.05, 0) is 40.4 Å². The molecule has 0 unspecified atom stereocenters. The standard InChI is InChI=1S/C18H22N2O3S/c21-17(2-1-14-6-10-24-13-14)20-12-15-3-7-19-18(11-15)23-16-4-8-22-9-5-16/h3,6-7,10-11,13,16H,1-2,4-5,8-9,12H2,(H,20,21). The van der Waals surface area contributed by atoms with Crippen LogP contribution in [0.5, 0.6) is 5.88 Å². The second-order valence-corrected chi connectivity index (χ2v) is 6.62. The van der Waals surface area contributed by atoms with E-state index in [2.05, 4.69) is 21.7 Å². The summed E-state index contributed by atoms with van der Waals surface area (Å²) < 4.78 is 11.2. The third-order valence-corrected chi connectivity index (χ3v) is 4.70. The van der Waals surface area contributed by atoms with Gasteiger partial charge >= 0.3 is 0 Å². The highest BCUT2D eigenvalue weighted by Gasteiger charge is 2.15. The molecule has 24 heavy (non-hydrogen) atoms. The zero-order valence-electron chi connectivity index (χ0n) is 13.6. The average Bonchev–Trinajstić information content (AvgIpc) is 3.13. The molecule has 2 aromatic rings. The molecule has 1 aliphatic heterocycles. The van der Waals surface area contributed by atoms with E-state index in [4.69, 9.17) is 9.47 Å². The molecule has 1 amide bonds. The topological polar surface area (TPSA) is 60.5 Å². The van der Waals surface area contributed by atoms with Crippen LogP contribution >= 0.6 is 11.3 Å². The number of aryl methyl sites for hydroxylation is 1. The van der Waals surface area contributed by atoms with Gasteiger partial charge in [0, 0.05) is 38.1 Å². The van der Waals surface area contributed by atoms with Crippen molar-refractivity contribution in [2.24, 2.45) is 0 Å². The maximum absolute atomic E-state index is 11.9. The van der Waals surface area contributed by atoms with Crippen molar-refractivity contribution in [3.63, 3.8) is 0 Å². The molecular formula is C18H22N2O3S. The molecule has 0 spiro atoms. The Hall–Kier alpha value is -1.92. The molecule has 1 aliphatic rings. The van der Waals surface area contributed by atoms with Crippen LogP contribution in [0.3, 0.4) is 0 Å². The molecule has 0 bridgehead atoms. The van der Waals surface area contributed by atoms with E-state index in [-0.39, 0.29) is 12.0 Å². The summed E-state index contributed by atoms with van der Waals surface area (Å²) in [6.07, 6.45) is 4.97. The van der Waals surface area contributed by atoms with Crippen LogP contribution in [0.25, 0.3) is 0 Å². The van der Waals surface area contributed by atoms with Gasteiger partial charge in [0.1, 0.15) is 6.10 Å². The number of nitrogens with one attached hydrogen (secondary N) is 1. The second-order valence-electron chi connectivity index (χ2n) is 5.84. The Bertz CT molecular complexity index is 639. The molecule has 0 aromatic carbocycles. The number of rotatable bonds is 7. The van der Waals surface area contributed by atoms with E-state index in [9.17, 15) is 4.79 Å². The van der Waals surface area contributed by atoms with Gasteiger partial charge in [0.15, 0.2) is 0 Å². The van der Waals surface area contributed by atoms with E-state index in [1.165, 1.54) is 5.56 Å². The lowest BCUT2D eigenvalue weighted by Gasteiger charge is -2.22. The van der Waals surface area contributed by atoms with Crippen LogP contribution < -0.4 is 10.1 Å². The summed E-state index contributed by atoms with van der Waals surface area (Å²) in [4.78, 5) is 16.2. The van der Waals surface area contributed by atoms with E-state index in [1.54, 1.807) is 17.5 Å². The number of thiophene rings is 1. The molecule has 3 heterocycles. The fourth-order valence-electron chi connectivity index (χ4n) is 2.57. The summed E-state index contributed by atoms with van der Waals surface area (Å²) in [5.74, 6) is 0.678.